The number of ether oxygens (including phenoxy) is 2. The minimum atomic E-state index is -0.637. The fourth-order valence-electron chi connectivity index (χ4n) is 2.68. The Hall–Kier alpha value is -2.61. The molecule has 0 bridgehead atoms. The average molecular weight is 377 g/mol. The van der Waals surface area contributed by atoms with E-state index < -0.39 is 17.5 Å². The molecule has 0 aliphatic heterocycles. The largest absolute Gasteiger partial charge is 0.462 e. The van der Waals surface area contributed by atoms with E-state index >= 15 is 0 Å². The van der Waals surface area contributed by atoms with Gasteiger partial charge in [-0.05, 0) is 39.7 Å². The summed E-state index contributed by atoms with van der Waals surface area (Å²) >= 11 is 0. The second kappa shape index (κ2) is 8.85. The molecule has 0 fully saturated rings. The van der Waals surface area contributed by atoms with Crippen molar-refractivity contribution >= 4 is 11.9 Å². The van der Waals surface area contributed by atoms with Crippen LogP contribution in [0, 0.1) is 0 Å². The number of carbonyl (C=O) groups is 2. The summed E-state index contributed by atoms with van der Waals surface area (Å²) in [6.45, 7) is 10.0. The Balaban J connectivity index is 2.31. The molecule has 8 nitrogen and oxygen atoms in total. The second-order valence-electron chi connectivity index (χ2n) is 6.99. The topological polar surface area (TPSA) is 106 Å². The van der Waals surface area contributed by atoms with Crippen molar-refractivity contribution in [2.45, 2.75) is 59.7 Å². The highest BCUT2D eigenvalue weighted by Crippen LogP contribution is 2.24. The van der Waals surface area contributed by atoms with Crippen LogP contribution in [0.3, 0.4) is 0 Å². The van der Waals surface area contributed by atoms with Gasteiger partial charge in [-0.15, -0.1) is 0 Å². The molecule has 0 atom stereocenters. The number of nitrogens with one attached hydrogen (secondary N) is 2. The maximum Gasteiger partial charge on any atom is 0.355 e. The molecule has 8 heteroatoms. The van der Waals surface area contributed by atoms with Gasteiger partial charge in [0.05, 0.1) is 24.9 Å². The summed E-state index contributed by atoms with van der Waals surface area (Å²) in [6, 6.07) is 1.75. The van der Waals surface area contributed by atoms with E-state index in [-0.39, 0.29) is 12.3 Å². The second-order valence-corrected chi connectivity index (χ2v) is 6.99. The first-order chi connectivity index (χ1) is 12.8. The molecular formula is C19H27N3O5. The van der Waals surface area contributed by atoms with Gasteiger partial charge in [0.25, 0.3) is 0 Å². The molecule has 0 saturated heterocycles. The number of esters is 2. The third-order valence-electron chi connectivity index (χ3n) is 3.71. The van der Waals surface area contributed by atoms with Gasteiger partial charge < -0.3 is 24.3 Å². The van der Waals surface area contributed by atoms with Crippen LogP contribution in [0.2, 0.25) is 0 Å². The number of hydrogen-bond acceptors (Lipinski definition) is 7. The molecule has 148 valence electrons. The van der Waals surface area contributed by atoms with E-state index in [9.17, 15) is 9.59 Å². The predicted octanol–water partition coefficient (Wildman–Crippen LogP) is 2.99. The molecule has 0 radical (unpaired) electrons. The maximum absolute atomic E-state index is 12.6. The monoisotopic (exact) mass is 377 g/mol. The Morgan fingerprint density at radius 2 is 1.96 bits per heavy atom. The molecule has 2 aromatic rings. The Bertz CT molecular complexity index is 772. The first-order valence-corrected chi connectivity index (χ1v) is 9.01. The number of hydrogen-bond donors (Lipinski definition) is 2. The van der Waals surface area contributed by atoms with E-state index in [0.29, 0.717) is 42.1 Å². The highest BCUT2D eigenvalue weighted by Gasteiger charge is 2.29. The van der Waals surface area contributed by atoms with Crippen molar-refractivity contribution in [2.24, 2.45) is 0 Å². The summed E-state index contributed by atoms with van der Waals surface area (Å²) in [5.74, 6) is -0.287. The van der Waals surface area contributed by atoms with Crippen LogP contribution in [0.25, 0.3) is 0 Å². The number of aromatic amines is 1. The van der Waals surface area contributed by atoms with Crippen molar-refractivity contribution in [2.75, 3.05) is 6.61 Å². The number of H-pyrrole nitrogens is 1. The molecule has 0 aromatic carbocycles. The van der Waals surface area contributed by atoms with Crippen molar-refractivity contribution in [1.29, 1.82) is 0 Å². The Morgan fingerprint density at radius 1 is 1.22 bits per heavy atom. The molecule has 0 aliphatic carbocycles. The van der Waals surface area contributed by atoms with E-state index in [1.165, 1.54) is 0 Å². The summed E-state index contributed by atoms with van der Waals surface area (Å²) in [5.41, 5.74) is 1.20. The summed E-state index contributed by atoms with van der Waals surface area (Å²) < 4.78 is 15.7. The van der Waals surface area contributed by atoms with Crippen LogP contribution >= 0.6 is 0 Å². The zero-order chi connectivity index (χ0) is 20.0. The van der Waals surface area contributed by atoms with Gasteiger partial charge in [-0.2, -0.15) is 0 Å². The number of carbonyl (C=O) groups excluding carboxylic acids is 2. The lowest BCUT2D eigenvalue weighted by Gasteiger charge is -2.19. The summed E-state index contributed by atoms with van der Waals surface area (Å²) in [7, 11) is 0. The summed E-state index contributed by atoms with van der Waals surface area (Å²) in [5, 5.41) is 6.82. The maximum atomic E-state index is 12.6. The van der Waals surface area contributed by atoms with Gasteiger partial charge in [0, 0.05) is 18.3 Å². The van der Waals surface area contributed by atoms with Gasteiger partial charge in [-0.25, -0.2) is 9.59 Å². The van der Waals surface area contributed by atoms with Gasteiger partial charge in [-0.3, -0.25) is 0 Å². The lowest BCUT2D eigenvalue weighted by molar-refractivity contribution is 0.00621. The molecule has 0 unspecified atom stereocenters. The Labute approximate surface area is 158 Å². The lowest BCUT2D eigenvalue weighted by atomic mass is 10.1. The van der Waals surface area contributed by atoms with Crippen molar-refractivity contribution < 1.29 is 23.6 Å². The number of aromatic nitrogens is 2. The third kappa shape index (κ3) is 5.43. The van der Waals surface area contributed by atoms with E-state index in [4.69, 9.17) is 14.0 Å². The quantitative estimate of drug-likeness (QED) is 0.681. The number of rotatable bonds is 8. The molecular weight excluding hydrogens is 350 g/mol. The Morgan fingerprint density at radius 3 is 2.52 bits per heavy atom. The highest BCUT2D eigenvalue weighted by molar-refractivity contribution is 5.98. The molecule has 2 aromatic heterocycles. The predicted molar refractivity (Wildman–Crippen MR) is 98.3 cm³/mol. The summed E-state index contributed by atoms with van der Waals surface area (Å²) in [4.78, 5) is 28.2. The van der Waals surface area contributed by atoms with Gasteiger partial charge >= 0.3 is 11.9 Å². The SMILES string of the molecule is CCOC(=O)c1c(CNCc2ccno2)[nH]c(C(=O)OC(C)(C)C)c1CC. The van der Waals surface area contributed by atoms with Crippen LogP contribution in [-0.2, 0) is 29.0 Å². The molecule has 2 heterocycles. The van der Waals surface area contributed by atoms with E-state index in [1.54, 1.807) is 40.0 Å². The fraction of sp³-hybridized carbons (Fsp3) is 0.526. The standard InChI is InChI=1S/C19H27N3O5/c1-6-13-15(17(23)25-7-2)14(11-20-10-12-8-9-21-27-12)22-16(13)18(24)26-19(3,4)5/h8-9,20,22H,6-7,10-11H2,1-5H3. The molecule has 0 aliphatic rings. The third-order valence-corrected chi connectivity index (χ3v) is 3.71. The summed E-state index contributed by atoms with van der Waals surface area (Å²) in [6.07, 6.45) is 2.05. The molecule has 27 heavy (non-hydrogen) atoms. The van der Waals surface area contributed by atoms with Crippen molar-refractivity contribution in [3.05, 3.63) is 40.5 Å². The highest BCUT2D eigenvalue weighted by atomic mass is 16.6. The molecule has 0 saturated carbocycles. The molecule has 0 spiro atoms. The van der Waals surface area contributed by atoms with Gasteiger partial charge in [0.15, 0.2) is 0 Å². The fourth-order valence-corrected chi connectivity index (χ4v) is 2.68. The van der Waals surface area contributed by atoms with Gasteiger partial charge in [0.2, 0.25) is 0 Å². The van der Waals surface area contributed by atoms with Gasteiger partial charge in [-0.1, -0.05) is 12.1 Å². The van der Waals surface area contributed by atoms with Crippen LogP contribution in [0.1, 0.15) is 72.5 Å². The van der Waals surface area contributed by atoms with Crippen molar-refractivity contribution in [1.82, 2.24) is 15.5 Å². The first-order valence-electron chi connectivity index (χ1n) is 9.01. The van der Waals surface area contributed by atoms with E-state index in [1.807, 2.05) is 6.92 Å². The van der Waals surface area contributed by atoms with E-state index in [2.05, 4.69) is 15.5 Å². The van der Waals surface area contributed by atoms with Crippen LogP contribution < -0.4 is 5.32 Å². The van der Waals surface area contributed by atoms with Crippen LogP contribution in [0.15, 0.2) is 16.8 Å². The molecule has 0 amide bonds. The number of nitrogens with zero attached hydrogens (tertiary/aromatic N) is 1. The molecule has 2 N–H and O–H groups in total. The van der Waals surface area contributed by atoms with E-state index in [0.717, 1.165) is 0 Å². The smallest absolute Gasteiger partial charge is 0.355 e. The van der Waals surface area contributed by atoms with Crippen LogP contribution in [0.5, 0.6) is 0 Å². The average Bonchev–Trinajstić information content (AvgIpc) is 3.20. The lowest BCUT2D eigenvalue weighted by Crippen LogP contribution is -2.24. The van der Waals surface area contributed by atoms with Crippen LogP contribution in [0.4, 0.5) is 0 Å². The first kappa shape index (κ1) is 20.7. The Kier molecular flexibility index (Phi) is 6.79. The zero-order valence-corrected chi connectivity index (χ0v) is 16.5. The van der Waals surface area contributed by atoms with Crippen LogP contribution in [-0.4, -0.2) is 34.3 Å². The normalized spacial score (nSPS) is 11.4. The van der Waals surface area contributed by atoms with Crippen molar-refractivity contribution in [3.63, 3.8) is 0 Å². The minimum Gasteiger partial charge on any atom is -0.462 e. The zero-order valence-electron chi connectivity index (χ0n) is 16.5. The molecule has 2 rings (SSSR count). The minimum absolute atomic E-state index is 0.250. The van der Waals surface area contributed by atoms with Gasteiger partial charge in [0.1, 0.15) is 17.1 Å². The van der Waals surface area contributed by atoms with Crippen molar-refractivity contribution in [3.8, 4) is 0 Å².